The molecule has 0 aliphatic heterocycles. The van der Waals surface area contributed by atoms with Crippen molar-refractivity contribution in [3.8, 4) is 11.4 Å². The maximum atomic E-state index is 12.7. The summed E-state index contributed by atoms with van der Waals surface area (Å²) in [5, 5.41) is 2.90. The molecular weight excluding hydrogens is 571 g/mol. The number of carbonyl (C=O) groups excluding carboxylic acids is 1. The van der Waals surface area contributed by atoms with E-state index in [1.54, 1.807) is 31.2 Å². The van der Waals surface area contributed by atoms with Gasteiger partial charge >= 0.3 is 0 Å². The number of hydrogen-bond acceptors (Lipinski definition) is 6. The molecule has 5 aromatic rings. The number of fused-ring (bicyclic) bond motifs is 1. The fourth-order valence-corrected chi connectivity index (χ4v) is 6.23. The lowest BCUT2D eigenvalue weighted by Crippen LogP contribution is -2.14. The molecule has 1 aromatic heterocycles. The van der Waals surface area contributed by atoms with Crippen molar-refractivity contribution in [2.75, 3.05) is 17.3 Å². The first kappa shape index (κ1) is 29.2. The summed E-state index contributed by atoms with van der Waals surface area (Å²) in [5.41, 5.74) is 6.06. The number of nitrogens with one attached hydrogen (secondary N) is 1. The van der Waals surface area contributed by atoms with E-state index in [2.05, 4.69) is 16.0 Å². The minimum atomic E-state index is -3.29. The molecular formula is C32H31N3O5S2. The Morgan fingerprint density at radius 2 is 1.43 bits per heavy atom. The first-order valence-electron chi connectivity index (χ1n) is 13.4. The van der Waals surface area contributed by atoms with Gasteiger partial charge in [-0.2, -0.15) is 0 Å². The molecule has 0 radical (unpaired) electrons. The van der Waals surface area contributed by atoms with Crippen molar-refractivity contribution in [2.24, 2.45) is 0 Å². The van der Waals surface area contributed by atoms with Gasteiger partial charge in [0.15, 0.2) is 19.7 Å². The van der Waals surface area contributed by atoms with Crippen molar-refractivity contribution in [3.63, 3.8) is 0 Å². The number of benzene rings is 4. The number of imidazole rings is 1. The molecule has 1 N–H and O–H groups in total. The Labute approximate surface area is 245 Å². The van der Waals surface area contributed by atoms with Gasteiger partial charge in [0.1, 0.15) is 5.82 Å². The van der Waals surface area contributed by atoms with Gasteiger partial charge < -0.3 is 9.88 Å². The Bertz CT molecular complexity index is 1980. The van der Waals surface area contributed by atoms with Gasteiger partial charge in [0.05, 0.1) is 33.0 Å². The van der Waals surface area contributed by atoms with E-state index in [0.29, 0.717) is 17.8 Å². The molecule has 1 amide bonds. The number of aromatic nitrogens is 2. The van der Waals surface area contributed by atoms with E-state index >= 15 is 0 Å². The van der Waals surface area contributed by atoms with Crippen LogP contribution in [0.2, 0.25) is 0 Å². The maximum absolute atomic E-state index is 12.7. The summed E-state index contributed by atoms with van der Waals surface area (Å²) in [6.45, 7) is 4.12. The standard InChI is InChI=1S/C32H31N3O5S2/c1-4-42(39,40)28-16-6-23(7-17-28)20-31(36)33-26-12-10-25(11-13-26)32-34-29-18-5-22(2)19-30(29)35(32)21-24-8-14-27(15-9-24)41(3,37)38/h5-19H,4,20-21H2,1-3H3,(H,33,36). The molecule has 0 spiro atoms. The highest BCUT2D eigenvalue weighted by Crippen LogP contribution is 2.28. The van der Waals surface area contributed by atoms with Crippen LogP contribution in [0, 0.1) is 6.92 Å². The Hall–Kier alpha value is -4.28. The number of hydrogen-bond donors (Lipinski definition) is 1. The zero-order valence-corrected chi connectivity index (χ0v) is 25.2. The number of rotatable bonds is 9. The highest BCUT2D eigenvalue weighted by Gasteiger charge is 2.15. The highest BCUT2D eigenvalue weighted by molar-refractivity contribution is 7.91. The third-order valence-electron chi connectivity index (χ3n) is 7.05. The fraction of sp³-hybridized carbons (Fsp3) is 0.188. The quantitative estimate of drug-likeness (QED) is 0.241. The molecule has 10 heteroatoms. The monoisotopic (exact) mass is 601 g/mol. The van der Waals surface area contributed by atoms with Gasteiger partial charge in [-0.3, -0.25) is 4.79 Å². The Kier molecular flexibility index (Phi) is 8.03. The summed E-state index contributed by atoms with van der Waals surface area (Å²) in [7, 11) is -6.57. The lowest BCUT2D eigenvalue weighted by molar-refractivity contribution is -0.115. The van der Waals surface area contributed by atoms with E-state index in [1.807, 2.05) is 55.5 Å². The predicted octanol–water partition coefficient (Wildman–Crippen LogP) is 5.44. The van der Waals surface area contributed by atoms with Crippen molar-refractivity contribution in [2.45, 2.75) is 36.6 Å². The predicted molar refractivity (Wildman–Crippen MR) is 165 cm³/mol. The van der Waals surface area contributed by atoms with Crippen LogP contribution in [0.3, 0.4) is 0 Å². The molecule has 42 heavy (non-hydrogen) atoms. The molecule has 0 saturated carbocycles. The smallest absolute Gasteiger partial charge is 0.228 e. The molecule has 0 atom stereocenters. The van der Waals surface area contributed by atoms with Crippen LogP contribution in [-0.4, -0.2) is 44.3 Å². The van der Waals surface area contributed by atoms with Gasteiger partial charge in [-0.25, -0.2) is 21.8 Å². The Morgan fingerprint density at radius 1 is 0.810 bits per heavy atom. The van der Waals surface area contributed by atoms with E-state index in [9.17, 15) is 21.6 Å². The van der Waals surface area contributed by atoms with Crippen LogP contribution in [-0.2, 0) is 37.4 Å². The maximum Gasteiger partial charge on any atom is 0.228 e. The molecule has 0 saturated heterocycles. The molecule has 0 fully saturated rings. The minimum absolute atomic E-state index is 0.0250. The first-order chi connectivity index (χ1) is 19.9. The van der Waals surface area contributed by atoms with E-state index in [1.165, 1.54) is 18.4 Å². The topological polar surface area (TPSA) is 115 Å². The van der Waals surface area contributed by atoms with Crippen molar-refractivity contribution < 1.29 is 21.6 Å². The Balaban J connectivity index is 1.36. The molecule has 216 valence electrons. The highest BCUT2D eigenvalue weighted by atomic mass is 32.2. The summed E-state index contributed by atoms with van der Waals surface area (Å²) in [5.74, 6) is 0.564. The average Bonchev–Trinajstić information content (AvgIpc) is 3.30. The summed E-state index contributed by atoms with van der Waals surface area (Å²) in [4.78, 5) is 18.1. The van der Waals surface area contributed by atoms with Crippen molar-refractivity contribution in [1.82, 2.24) is 9.55 Å². The summed E-state index contributed by atoms with van der Waals surface area (Å²) >= 11 is 0. The van der Waals surface area contributed by atoms with Gasteiger partial charge in [-0.1, -0.05) is 37.3 Å². The largest absolute Gasteiger partial charge is 0.326 e. The van der Waals surface area contributed by atoms with Crippen LogP contribution >= 0.6 is 0 Å². The number of anilines is 1. The molecule has 0 aliphatic carbocycles. The first-order valence-corrected chi connectivity index (χ1v) is 17.0. The molecule has 0 aliphatic rings. The number of nitrogens with zero attached hydrogens (tertiary/aromatic N) is 2. The summed E-state index contributed by atoms with van der Waals surface area (Å²) in [6.07, 6.45) is 1.30. The van der Waals surface area contributed by atoms with Crippen LogP contribution in [0.25, 0.3) is 22.4 Å². The van der Waals surface area contributed by atoms with E-state index < -0.39 is 19.7 Å². The van der Waals surface area contributed by atoms with Crippen LogP contribution < -0.4 is 5.32 Å². The molecule has 8 nitrogen and oxygen atoms in total. The van der Waals surface area contributed by atoms with E-state index in [4.69, 9.17) is 4.98 Å². The lowest BCUT2D eigenvalue weighted by atomic mass is 10.1. The summed E-state index contributed by atoms with van der Waals surface area (Å²) < 4.78 is 49.9. The van der Waals surface area contributed by atoms with Gasteiger partial charge in [0.25, 0.3) is 0 Å². The zero-order chi connectivity index (χ0) is 30.1. The second-order valence-electron chi connectivity index (χ2n) is 10.3. The Morgan fingerprint density at radius 3 is 2.05 bits per heavy atom. The summed E-state index contributed by atoms with van der Waals surface area (Å²) in [6, 6.07) is 26.8. The zero-order valence-electron chi connectivity index (χ0n) is 23.5. The number of aryl methyl sites for hydroxylation is 1. The van der Waals surface area contributed by atoms with Gasteiger partial charge in [-0.15, -0.1) is 0 Å². The van der Waals surface area contributed by atoms with Gasteiger partial charge in [0, 0.05) is 24.1 Å². The average molecular weight is 602 g/mol. The number of sulfone groups is 2. The SMILES string of the molecule is CCS(=O)(=O)c1ccc(CC(=O)Nc2ccc(-c3nc4ccc(C)cc4n3Cc3ccc(S(C)(=O)=O)cc3)cc2)cc1. The molecule has 0 unspecified atom stereocenters. The number of amides is 1. The second-order valence-corrected chi connectivity index (χ2v) is 14.6. The van der Waals surface area contributed by atoms with Crippen LogP contribution in [0.4, 0.5) is 5.69 Å². The third kappa shape index (κ3) is 6.45. The molecule has 5 rings (SSSR count). The lowest BCUT2D eigenvalue weighted by Gasteiger charge is -2.12. The van der Waals surface area contributed by atoms with Crippen molar-refractivity contribution >= 4 is 42.3 Å². The number of carbonyl (C=O) groups is 1. The van der Waals surface area contributed by atoms with E-state index in [0.717, 1.165) is 33.5 Å². The van der Waals surface area contributed by atoms with Crippen molar-refractivity contribution in [3.05, 3.63) is 108 Å². The fourth-order valence-electron chi connectivity index (χ4n) is 4.71. The van der Waals surface area contributed by atoms with Crippen LogP contribution in [0.1, 0.15) is 23.6 Å². The normalized spacial score (nSPS) is 12.0. The minimum Gasteiger partial charge on any atom is -0.326 e. The van der Waals surface area contributed by atoms with E-state index in [-0.39, 0.29) is 27.9 Å². The van der Waals surface area contributed by atoms with Gasteiger partial charge in [0.2, 0.25) is 5.91 Å². The molecule has 1 heterocycles. The van der Waals surface area contributed by atoms with Crippen LogP contribution in [0.5, 0.6) is 0 Å². The third-order valence-corrected chi connectivity index (χ3v) is 9.93. The second kappa shape index (κ2) is 11.5. The van der Waals surface area contributed by atoms with Crippen LogP contribution in [0.15, 0.2) is 101 Å². The molecule has 0 bridgehead atoms. The van der Waals surface area contributed by atoms with Gasteiger partial charge in [-0.05, 0) is 84.3 Å². The molecule has 4 aromatic carbocycles. The van der Waals surface area contributed by atoms with Crippen molar-refractivity contribution in [1.29, 1.82) is 0 Å².